The molecule has 0 spiro atoms. The van der Waals surface area contributed by atoms with Crippen molar-refractivity contribution >= 4 is 17.6 Å². The fraction of sp³-hybridized carbons (Fsp3) is 0. The molecule has 2 rings (SSSR count). The molecule has 0 heterocycles. The second-order valence-electron chi connectivity index (χ2n) is 3.77. The van der Waals surface area contributed by atoms with Gasteiger partial charge in [-0.2, -0.15) is 0 Å². The minimum atomic E-state index is -0.583. The molecular formula is C13H10N2O4. The number of phenols is 2. The molecule has 19 heavy (non-hydrogen) atoms. The number of nitro benzene ring substituents is 1. The molecule has 0 unspecified atom stereocenters. The lowest BCUT2D eigenvalue weighted by Gasteiger charge is -1.99. The number of non-ortho nitro benzene ring substituents is 1. The van der Waals surface area contributed by atoms with Crippen LogP contribution >= 0.6 is 0 Å². The lowest BCUT2D eigenvalue weighted by Crippen LogP contribution is -1.89. The predicted octanol–water partition coefficient (Wildman–Crippen LogP) is 2.76. The summed E-state index contributed by atoms with van der Waals surface area (Å²) in [5.74, 6) is -0.0751. The van der Waals surface area contributed by atoms with Crippen LogP contribution in [0.2, 0.25) is 0 Å². The smallest absolute Gasteiger partial charge is 0.273 e. The summed E-state index contributed by atoms with van der Waals surface area (Å²) in [6, 6.07) is 9.96. The maximum Gasteiger partial charge on any atom is 0.273 e. The van der Waals surface area contributed by atoms with Crippen molar-refractivity contribution in [3.8, 4) is 11.5 Å². The average molecular weight is 258 g/mol. The number of nitro groups is 1. The van der Waals surface area contributed by atoms with Gasteiger partial charge in [0.05, 0.1) is 16.7 Å². The molecule has 6 nitrogen and oxygen atoms in total. The van der Waals surface area contributed by atoms with Crippen molar-refractivity contribution in [1.82, 2.24) is 0 Å². The van der Waals surface area contributed by atoms with Crippen LogP contribution in [0.25, 0.3) is 0 Å². The second kappa shape index (κ2) is 5.18. The van der Waals surface area contributed by atoms with E-state index in [0.29, 0.717) is 11.3 Å². The van der Waals surface area contributed by atoms with Crippen LogP contribution in [0.5, 0.6) is 11.5 Å². The minimum absolute atomic E-state index is 0.136. The van der Waals surface area contributed by atoms with Gasteiger partial charge in [-0.3, -0.25) is 15.1 Å². The van der Waals surface area contributed by atoms with E-state index in [1.54, 1.807) is 12.1 Å². The standard InChI is InChI=1S/C13H10N2O4/c16-12-5-2-10(3-6-12)14-8-9-1-4-11(15(18)19)7-13(9)17/h1-8,16-17H. The molecule has 0 atom stereocenters. The summed E-state index contributed by atoms with van der Waals surface area (Å²) < 4.78 is 0. The van der Waals surface area contributed by atoms with Gasteiger partial charge in [0, 0.05) is 17.8 Å². The van der Waals surface area contributed by atoms with Crippen LogP contribution in [0, 0.1) is 10.1 Å². The molecule has 0 aliphatic heterocycles. The van der Waals surface area contributed by atoms with Gasteiger partial charge in [-0.25, -0.2) is 0 Å². The first-order valence-corrected chi connectivity index (χ1v) is 5.37. The van der Waals surface area contributed by atoms with Gasteiger partial charge >= 0.3 is 0 Å². The highest BCUT2D eigenvalue weighted by molar-refractivity contribution is 5.85. The molecule has 0 aliphatic rings. The zero-order valence-electron chi connectivity index (χ0n) is 9.72. The lowest BCUT2D eigenvalue weighted by molar-refractivity contribution is -0.384. The molecule has 2 aromatic carbocycles. The maximum atomic E-state index is 10.5. The Morgan fingerprint density at radius 3 is 2.37 bits per heavy atom. The molecule has 6 heteroatoms. The first-order chi connectivity index (χ1) is 9.06. The summed E-state index contributed by atoms with van der Waals surface area (Å²) in [6.45, 7) is 0. The fourth-order valence-corrected chi connectivity index (χ4v) is 1.44. The van der Waals surface area contributed by atoms with Crippen LogP contribution in [0.15, 0.2) is 47.5 Å². The summed E-state index contributed by atoms with van der Waals surface area (Å²) >= 11 is 0. The van der Waals surface area contributed by atoms with Gasteiger partial charge < -0.3 is 10.2 Å². The Balaban J connectivity index is 2.23. The second-order valence-corrected chi connectivity index (χ2v) is 3.77. The number of aromatic hydroxyl groups is 2. The largest absolute Gasteiger partial charge is 0.508 e. The monoisotopic (exact) mass is 258 g/mol. The van der Waals surface area contributed by atoms with E-state index in [2.05, 4.69) is 4.99 Å². The van der Waals surface area contributed by atoms with Gasteiger partial charge in [0.2, 0.25) is 0 Å². The Labute approximate surface area is 108 Å². The topological polar surface area (TPSA) is 96.0 Å². The molecule has 0 aromatic heterocycles. The van der Waals surface area contributed by atoms with Gasteiger partial charge in [0.1, 0.15) is 11.5 Å². The summed E-state index contributed by atoms with van der Waals surface area (Å²) in [7, 11) is 0. The van der Waals surface area contributed by atoms with Gasteiger partial charge in [0.15, 0.2) is 0 Å². The highest BCUT2D eigenvalue weighted by Crippen LogP contribution is 2.23. The fourth-order valence-electron chi connectivity index (χ4n) is 1.44. The molecule has 96 valence electrons. The average Bonchev–Trinajstić information content (AvgIpc) is 2.39. The van der Waals surface area contributed by atoms with Crippen molar-refractivity contribution in [1.29, 1.82) is 0 Å². The molecule has 0 aliphatic carbocycles. The van der Waals surface area contributed by atoms with E-state index in [0.717, 1.165) is 6.07 Å². The van der Waals surface area contributed by atoms with Gasteiger partial charge in [0.25, 0.3) is 5.69 Å². The predicted molar refractivity (Wildman–Crippen MR) is 70.1 cm³/mol. The molecule has 0 fully saturated rings. The Hall–Kier alpha value is -2.89. The molecular weight excluding hydrogens is 248 g/mol. The van der Waals surface area contributed by atoms with Gasteiger partial charge in [-0.1, -0.05) is 0 Å². The molecule has 2 aromatic rings. The Morgan fingerprint density at radius 1 is 1.11 bits per heavy atom. The summed E-state index contributed by atoms with van der Waals surface area (Å²) in [5, 5.41) is 29.3. The van der Waals surface area contributed by atoms with Crippen molar-refractivity contribution in [2.75, 3.05) is 0 Å². The van der Waals surface area contributed by atoms with Gasteiger partial charge in [-0.05, 0) is 30.3 Å². The van der Waals surface area contributed by atoms with Crippen LogP contribution < -0.4 is 0 Å². The van der Waals surface area contributed by atoms with Crippen molar-refractivity contribution in [3.63, 3.8) is 0 Å². The third kappa shape index (κ3) is 3.06. The zero-order chi connectivity index (χ0) is 13.8. The van der Waals surface area contributed by atoms with Crippen molar-refractivity contribution in [3.05, 3.63) is 58.1 Å². The number of benzene rings is 2. The summed E-state index contributed by atoms with van der Waals surface area (Å²) in [4.78, 5) is 14.0. The molecule has 0 bridgehead atoms. The highest BCUT2D eigenvalue weighted by Gasteiger charge is 2.08. The van der Waals surface area contributed by atoms with Crippen LogP contribution in [0.4, 0.5) is 11.4 Å². The molecule has 0 amide bonds. The maximum absolute atomic E-state index is 10.5. The van der Waals surface area contributed by atoms with Crippen LogP contribution in [-0.4, -0.2) is 21.4 Å². The number of nitrogens with zero attached hydrogens (tertiary/aromatic N) is 2. The van der Waals surface area contributed by atoms with E-state index in [4.69, 9.17) is 5.11 Å². The van der Waals surface area contributed by atoms with E-state index < -0.39 is 4.92 Å². The number of phenolic OH excluding ortho intramolecular Hbond substituents is 2. The normalized spacial score (nSPS) is 10.7. The third-order valence-electron chi connectivity index (χ3n) is 2.43. The van der Waals surface area contributed by atoms with Crippen molar-refractivity contribution < 1.29 is 15.1 Å². The Morgan fingerprint density at radius 2 is 1.79 bits per heavy atom. The molecule has 0 saturated heterocycles. The first kappa shape index (κ1) is 12.6. The number of hydrogen-bond acceptors (Lipinski definition) is 5. The van der Waals surface area contributed by atoms with E-state index in [1.807, 2.05) is 0 Å². The summed E-state index contributed by atoms with van der Waals surface area (Å²) in [6.07, 6.45) is 1.39. The quantitative estimate of drug-likeness (QED) is 0.502. The van der Waals surface area contributed by atoms with E-state index in [9.17, 15) is 15.2 Å². The summed E-state index contributed by atoms with van der Waals surface area (Å²) in [5.41, 5.74) is 0.786. The minimum Gasteiger partial charge on any atom is -0.508 e. The lowest BCUT2D eigenvalue weighted by atomic mass is 10.2. The van der Waals surface area contributed by atoms with E-state index >= 15 is 0 Å². The molecule has 0 saturated carbocycles. The number of hydrogen-bond donors (Lipinski definition) is 2. The van der Waals surface area contributed by atoms with Crippen LogP contribution in [0.3, 0.4) is 0 Å². The Bertz CT molecular complexity index is 636. The zero-order valence-corrected chi connectivity index (χ0v) is 9.72. The van der Waals surface area contributed by atoms with Crippen LogP contribution in [-0.2, 0) is 0 Å². The van der Waals surface area contributed by atoms with E-state index in [-0.39, 0.29) is 17.2 Å². The molecule has 0 radical (unpaired) electrons. The van der Waals surface area contributed by atoms with Gasteiger partial charge in [-0.15, -0.1) is 0 Å². The van der Waals surface area contributed by atoms with Crippen molar-refractivity contribution in [2.45, 2.75) is 0 Å². The number of aliphatic imine (C=N–C) groups is 1. The first-order valence-electron chi connectivity index (χ1n) is 5.37. The number of rotatable bonds is 3. The van der Waals surface area contributed by atoms with Crippen LogP contribution in [0.1, 0.15) is 5.56 Å². The SMILES string of the molecule is O=[N+]([O-])c1ccc(C=Nc2ccc(O)cc2)c(O)c1. The third-order valence-corrected chi connectivity index (χ3v) is 2.43. The molecule has 2 N–H and O–H groups in total. The van der Waals surface area contributed by atoms with Crippen molar-refractivity contribution in [2.24, 2.45) is 4.99 Å². The highest BCUT2D eigenvalue weighted by atomic mass is 16.6. The van der Waals surface area contributed by atoms with E-state index in [1.165, 1.54) is 30.5 Å². The Kier molecular flexibility index (Phi) is 3.42.